The topological polar surface area (TPSA) is 66.9 Å². The molecule has 1 heterocycles. The summed E-state index contributed by atoms with van der Waals surface area (Å²) in [5, 5.41) is 6.05. The first-order valence-electron chi connectivity index (χ1n) is 7.83. The smallest absolute Gasteiger partial charge is 0.270 e. The van der Waals surface area contributed by atoms with Crippen molar-refractivity contribution in [2.75, 3.05) is 5.32 Å². The van der Waals surface area contributed by atoms with Crippen LogP contribution in [-0.4, -0.2) is 21.9 Å². The standard InChI is InChI=1S/C17H19FN4O/c18-13-7-5-12(6-8-13)11-20-16(23)15-9-10-19-17(22-15)21-14-3-1-2-4-14/h5-10,14H,1-4,11H2,(H,20,23)(H,19,21,22). The average Bonchev–Trinajstić information content (AvgIpc) is 3.07. The Morgan fingerprint density at radius 3 is 2.65 bits per heavy atom. The Morgan fingerprint density at radius 1 is 1.17 bits per heavy atom. The van der Waals surface area contributed by atoms with Crippen molar-refractivity contribution in [3.05, 3.63) is 53.6 Å². The summed E-state index contributed by atoms with van der Waals surface area (Å²) in [4.78, 5) is 20.6. The van der Waals surface area contributed by atoms with Crippen LogP contribution in [0.5, 0.6) is 0 Å². The molecule has 23 heavy (non-hydrogen) atoms. The highest BCUT2D eigenvalue weighted by molar-refractivity contribution is 5.92. The minimum atomic E-state index is -0.293. The minimum Gasteiger partial charge on any atom is -0.351 e. The van der Waals surface area contributed by atoms with Crippen LogP contribution in [0.3, 0.4) is 0 Å². The van der Waals surface area contributed by atoms with Crippen molar-refractivity contribution >= 4 is 11.9 Å². The number of rotatable bonds is 5. The quantitative estimate of drug-likeness (QED) is 0.890. The summed E-state index contributed by atoms with van der Waals surface area (Å²) in [6.07, 6.45) is 6.25. The molecule has 0 atom stereocenters. The summed E-state index contributed by atoms with van der Waals surface area (Å²) in [5.41, 5.74) is 1.15. The second-order valence-electron chi connectivity index (χ2n) is 5.70. The van der Waals surface area contributed by atoms with Crippen molar-refractivity contribution in [2.24, 2.45) is 0 Å². The van der Waals surface area contributed by atoms with E-state index in [9.17, 15) is 9.18 Å². The van der Waals surface area contributed by atoms with E-state index in [2.05, 4.69) is 20.6 Å². The molecule has 0 bridgehead atoms. The molecule has 1 aliphatic carbocycles. The van der Waals surface area contributed by atoms with Crippen molar-refractivity contribution in [3.63, 3.8) is 0 Å². The Labute approximate surface area is 134 Å². The predicted octanol–water partition coefficient (Wildman–Crippen LogP) is 2.90. The second-order valence-corrected chi connectivity index (χ2v) is 5.70. The molecule has 120 valence electrons. The minimum absolute atomic E-state index is 0.272. The number of nitrogens with one attached hydrogen (secondary N) is 2. The van der Waals surface area contributed by atoms with E-state index in [1.807, 2.05) is 0 Å². The molecule has 1 aliphatic rings. The lowest BCUT2D eigenvalue weighted by atomic mass is 10.2. The summed E-state index contributed by atoms with van der Waals surface area (Å²) >= 11 is 0. The molecule has 0 radical (unpaired) electrons. The number of hydrogen-bond donors (Lipinski definition) is 2. The SMILES string of the molecule is O=C(NCc1ccc(F)cc1)c1ccnc(NC2CCCC2)n1. The van der Waals surface area contributed by atoms with Gasteiger partial charge in [0.05, 0.1) is 0 Å². The normalized spacial score (nSPS) is 14.7. The summed E-state index contributed by atoms with van der Waals surface area (Å²) in [6.45, 7) is 0.328. The number of carbonyl (C=O) groups is 1. The predicted molar refractivity (Wildman–Crippen MR) is 85.5 cm³/mol. The average molecular weight is 314 g/mol. The van der Waals surface area contributed by atoms with Crippen molar-refractivity contribution in [1.29, 1.82) is 0 Å². The molecule has 3 rings (SSSR count). The van der Waals surface area contributed by atoms with Gasteiger partial charge in [-0.1, -0.05) is 25.0 Å². The van der Waals surface area contributed by atoms with E-state index in [1.165, 1.54) is 25.0 Å². The van der Waals surface area contributed by atoms with E-state index >= 15 is 0 Å². The fourth-order valence-corrected chi connectivity index (χ4v) is 2.68. The van der Waals surface area contributed by atoms with Gasteiger partial charge in [-0.05, 0) is 36.6 Å². The number of anilines is 1. The Balaban J connectivity index is 1.59. The third kappa shape index (κ3) is 4.25. The lowest BCUT2D eigenvalue weighted by molar-refractivity contribution is 0.0946. The van der Waals surface area contributed by atoms with Gasteiger partial charge in [0, 0.05) is 18.8 Å². The summed E-state index contributed by atoms with van der Waals surface area (Å²) in [7, 11) is 0. The molecular weight excluding hydrogens is 295 g/mol. The molecule has 0 spiro atoms. The van der Waals surface area contributed by atoms with Crippen molar-refractivity contribution < 1.29 is 9.18 Å². The molecule has 2 aromatic rings. The van der Waals surface area contributed by atoms with Gasteiger partial charge in [0.1, 0.15) is 11.5 Å². The van der Waals surface area contributed by atoms with E-state index in [4.69, 9.17) is 0 Å². The maximum atomic E-state index is 12.9. The molecular formula is C17H19FN4O. The van der Waals surface area contributed by atoms with Crippen LogP contribution >= 0.6 is 0 Å². The first-order chi connectivity index (χ1) is 11.2. The fourth-order valence-electron chi connectivity index (χ4n) is 2.68. The van der Waals surface area contributed by atoms with E-state index in [0.717, 1.165) is 18.4 Å². The lowest BCUT2D eigenvalue weighted by Crippen LogP contribution is -2.25. The highest BCUT2D eigenvalue weighted by atomic mass is 19.1. The zero-order valence-corrected chi connectivity index (χ0v) is 12.8. The third-order valence-corrected chi connectivity index (χ3v) is 3.94. The summed E-state index contributed by atoms with van der Waals surface area (Å²) < 4.78 is 12.9. The van der Waals surface area contributed by atoms with Gasteiger partial charge in [-0.2, -0.15) is 0 Å². The van der Waals surface area contributed by atoms with Gasteiger partial charge in [0.25, 0.3) is 5.91 Å². The summed E-state index contributed by atoms with van der Waals surface area (Å²) in [6, 6.07) is 8.00. The number of nitrogens with zero attached hydrogens (tertiary/aromatic N) is 2. The van der Waals surface area contributed by atoms with Crippen LogP contribution in [0.4, 0.5) is 10.3 Å². The molecule has 5 nitrogen and oxygen atoms in total. The first-order valence-corrected chi connectivity index (χ1v) is 7.83. The number of hydrogen-bond acceptors (Lipinski definition) is 4. The number of amides is 1. The van der Waals surface area contributed by atoms with Gasteiger partial charge in [-0.15, -0.1) is 0 Å². The summed E-state index contributed by atoms with van der Waals surface area (Å²) in [5.74, 6) is -0.0731. The van der Waals surface area contributed by atoms with Crippen LogP contribution < -0.4 is 10.6 Å². The molecule has 0 unspecified atom stereocenters. The number of aromatic nitrogens is 2. The molecule has 2 N–H and O–H groups in total. The van der Waals surface area contributed by atoms with E-state index in [1.54, 1.807) is 24.4 Å². The fraction of sp³-hybridized carbons (Fsp3) is 0.353. The van der Waals surface area contributed by atoms with Crippen LogP contribution in [-0.2, 0) is 6.54 Å². The lowest BCUT2D eigenvalue weighted by Gasteiger charge is -2.12. The van der Waals surface area contributed by atoms with Gasteiger partial charge in [0.15, 0.2) is 0 Å². The number of halogens is 1. The van der Waals surface area contributed by atoms with Gasteiger partial charge >= 0.3 is 0 Å². The van der Waals surface area contributed by atoms with Gasteiger partial charge in [-0.3, -0.25) is 4.79 Å². The van der Waals surface area contributed by atoms with Crippen LogP contribution in [0, 0.1) is 5.82 Å². The third-order valence-electron chi connectivity index (χ3n) is 3.94. The second kappa shape index (κ2) is 7.17. The van der Waals surface area contributed by atoms with Gasteiger partial charge in [0.2, 0.25) is 5.95 Å². The van der Waals surface area contributed by atoms with Crippen molar-refractivity contribution in [1.82, 2.24) is 15.3 Å². The number of benzene rings is 1. The Bertz CT molecular complexity index is 669. The van der Waals surface area contributed by atoms with Crippen molar-refractivity contribution in [2.45, 2.75) is 38.3 Å². The highest BCUT2D eigenvalue weighted by Crippen LogP contribution is 2.20. The molecule has 1 aromatic carbocycles. The zero-order valence-electron chi connectivity index (χ0n) is 12.8. The van der Waals surface area contributed by atoms with Crippen LogP contribution in [0.2, 0.25) is 0 Å². The molecule has 1 amide bonds. The molecule has 0 aliphatic heterocycles. The molecule has 6 heteroatoms. The largest absolute Gasteiger partial charge is 0.351 e. The van der Waals surface area contributed by atoms with Crippen LogP contribution in [0.25, 0.3) is 0 Å². The monoisotopic (exact) mass is 314 g/mol. The van der Waals surface area contributed by atoms with Crippen LogP contribution in [0.15, 0.2) is 36.5 Å². The van der Waals surface area contributed by atoms with Gasteiger partial charge < -0.3 is 10.6 Å². The molecule has 0 saturated heterocycles. The Hall–Kier alpha value is -2.50. The Morgan fingerprint density at radius 2 is 1.91 bits per heavy atom. The van der Waals surface area contributed by atoms with Gasteiger partial charge in [-0.25, -0.2) is 14.4 Å². The Kier molecular flexibility index (Phi) is 4.80. The molecule has 1 fully saturated rings. The molecule has 1 aromatic heterocycles. The van der Waals surface area contributed by atoms with Crippen LogP contribution in [0.1, 0.15) is 41.7 Å². The number of carbonyl (C=O) groups excluding carboxylic acids is 1. The van der Waals surface area contributed by atoms with E-state index in [0.29, 0.717) is 24.2 Å². The molecule has 1 saturated carbocycles. The maximum Gasteiger partial charge on any atom is 0.270 e. The highest BCUT2D eigenvalue weighted by Gasteiger charge is 2.16. The van der Waals surface area contributed by atoms with E-state index in [-0.39, 0.29) is 11.7 Å². The van der Waals surface area contributed by atoms with Crippen molar-refractivity contribution in [3.8, 4) is 0 Å². The maximum absolute atomic E-state index is 12.9. The van der Waals surface area contributed by atoms with E-state index < -0.39 is 0 Å². The zero-order chi connectivity index (χ0) is 16.1. The first kappa shape index (κ1) is 15.4.